The van der Waals surface area contributed by atoms with Crippen LogP contribution in [0.25, 0.3) is 0 Å². The van der Waals surface area contributed by atoms with E-state index in [9.17, 15) is 4.79 Å². The van der Waals surface area contributed by atoms with Gasteiger partial charge in [0.25, 0.3) is 5.97 Å². The fourth-order valence-electron chi connectivity index (χ4n) is 0.144. The summed E-state index contributed by atoms with van der Waals surface area (Å²) in [5, 5.41) is 7.42. The summed E-state index contributed by atoms with van der Waals surface area (Å²) < 4.78 is 0. The molecule has 4 nitrogen and oxygen atoms in total. The number of carbonyl (C=O) groups excluding carboxylic acids is 1. The van der Waals surface area contributed by atoms with Crippen molar-refractivity contribution in [3.05, 3.63) is 0 Å². The Morgan fingerprint density at radius 3 is 1.58 bits per heavy atom. The SMILES string of the molecule is CC.CC(=O)O.CCC(=O)CN. The third-order valence-electron chi connectivity index (χ3n) is 0.622. The molecule has 0 unspecified atom stereocenters. The van der Waals surface area contributed by atoms with Crippen LogP contribution in [0.5, 0.6) is 0 Å². The lowest BCUT2D eigenvalue weighted by Crippen LogP contribution is -2.11. The van der Waals surface area contributed by atoms with Crippen molar-refractivity contribution in [1.29, 1.82) is 0 Å². The third kappa shape index (κ3) is 62.1. The molecule has 0 aliphatic carbocycles. The summed E-state index contributed by atoms with van der Waals surface area (Å²) in [4.78, 5) is 19.1. The number of Topliss-reactive ketones (excluding diaryl/α,β-unsaturated/α-hetero) is 1. The van der Waals surface area contributed by atoms with Crippen LogP contribution >= 0.6 is 0 Å². The number of rotatable bonds is 2. The van der Waals surface area contributed by atoms with Gasteiger partial charge in [-0.3, -0.25) is 9.59 Å². The number of carbonyl (C=O) groups is 2. The largest absolute Gasteiger partial charge is 0.481 e. The predicted molar refractivity (Wildman–Crippen MR) is 49.0 cm³/mol. The highest BCUT2D eigenvalue weighted by atomic mass is 16.4. The normalized spacial score (nSPS) is 6.75. The van der Waals surface area contributed by atoms with Gasteiger partial charge in [0.05, 0.1) is 6.54 Å². The third-order valence-corrected chi connectivity index (χ3v) is 0.622. The number of hydrogen-bond donors (Lipinski definition) is 2. The highest BCUT2D eigenvalue weighted by Crippen LogP contribution is 1.71. The molecule has 0 radical (unpaired) electrons. The van der Waals surface area contributed by atoms with Crippen molar-refractivity contribution in [2.75, 3.05) is 6.54 Å². The molecule has 0 heterocycles. The van der Waals surface area contributed by atoms with Crippen LogP contribution in [0.1, 0.15) is 34.1 Å². The Kier molecular flexibility index (Phi) is 23.9. The molecule has 12 heavy (non-hydrogen) atoms. The van der Waals surface area contributed by atoms with E-state index in [0.29, 0.717) is 6.42 Å². The Labute approximate surface area is 73.8 Å². The van der Waals surface area contributed by atoms with Crippen LogP contribution in [-0.2, 0) is 9.59 Å². The summed E-state index contributed by atoms with van der Waals surface area (Å²) in [6.45, 7) is 7.08. The highest BCUT2D eigenvalue weighted by Gasteiger charge is 1.87. The van der Waals surface area contributed by atoms with Crippen LogP contribution < -0.4 is 5.73 Å². The average molecular weight is 177 g/mol. The molecule has 74 valence electrons. The zero-order chi connectivity index (χ0) is 10.6. The topological polar surface area (TPSA) is 80.4 Å². The minimum Gasteiger partial charge on any atom is -0.481 e. The van der Waals surface area contributed by atoms with E-state index < -0.39 is 5.97 Å². The van der Waals surface area contributed by atoms with E-state index in [4.69, 9.17) is 15.6 Å². The molecular formula is C8H19NO3. The van der Waals surface area contributed by atoms with E-state index in [0.717, 1.165) is 6.92 Å². The van der Waals surface area contributed by atoms with Crippen LogP contribution in [0, 0.1) is 0 Å². The molecule has 0 bridgehead atoms. The van der Waals surface area contributed by atoms with E-state index in [1.54, 1.807) is 6.92 Å². The van der Waals surface area contributed by atoms with Gasteiger partial charge in [-0.05, 0) is 0 Å². The molecule has 0 aliphatic heterocycles. The standard InChI is InChI=1S/C4H9NO.C2H4O2.C2H6/c1-2-4(6)3-5;1-2(3)4;1-2/h2-3,5H2,1H3;1H3,(H,3,4);1-2H3. The second kappa shape index (κ2) is 16.6. The first-order valence-corrected chi connectivity index (χ1v) is 3.95. The Morgan fingerprint density at radius 2 is 1.58 bits per heavy atom. The summed E-state index contributed by atoms with van der Waals surface area (Å²) in [7, 11) is 0. The Bertz CT molecular complexity index is 103. The molecule has 0 aromatic heterocycles. The maximum Gasteiger partial charge on any atom is 0.300 e. The molecule has 0 rings (SSSR count). The van der Waals surface area contributed by atoms with Gasteiger partial charge in [0.1, 0.15) is 5.78 Å². The van der Waals surface area contributed by atoms with Crippen LogP contribution in [0.3, 0.4) is 0 Å². The summed E-state index contributed by atoms with van der Waals surface area (Å²) in [6.07, 6.45) is 0.566. The fraction of sp³-hybridized carbons (Fsp3) is 0.750. The van der Waals surface area contributed by atoms with Crippen LogP contribution in [0.4, 0.5) is 0 Å². The second-order valence-electron chi connectivity index (χ2n) is 1.62. The average Bonchev–Trinajstić information content (AvgIpc) is 2.06. The van der Waals surface area contributed by atoms with Crippen molar-refractivity contribution < 1.29 is 14.7 Å². The minimum atomic E-state index is -0.833. The van der Waals surface area contributed by atoms with Crippen molar-refractivity contribution in [3.63, 3.8) is 0 Å². The van der Waals surface area contributed by atoms with Crippen molar-refractivity contribution in [3.8, 4) is 0 Å². The molecule has 0 spiro atoms. The lowest BCUT2D eigenvalue weighted by Gasteiger charge is -1.82. The van der Waals surface area contributed by atoms with Crippen molar-refractivity contribution in [1.82, 2.24) is 0 Å². The second-order valence-corrected chi connectivity index (χ2v) is 1.62. The molecule has 3 N–H and O–H groups in total. The van der Waals surface area contributed by atoms with Crippen molar-refractivity contribution in [2.45, 2.75) is 34.1 Å². The molecule has 0 aromatic rings. The van der Waals surface area contributed by atoms with Gasteiger partial charge < -0.3 is 10.8 Å². The molecule has 0 amide bonds. The first-order valence-electron chi connectivity index (χ1n) is 3.95. The van der Waals surface area contributed by atoms with Gasteiger partial charge in [0.2, 0.25) is 0 Å². The molecule has 0 aromatic carbocycles. The molecule has 0 aliphatic rings. The summed E-state index contributed by atoms with van der Waals surface area (Å²) in [5.41, 5.74) is 4.93. The van der Waals surface area contributed by atoms with Gasteiger partial charge in [-0.25, -0.2) is 0 Å². The lowest BCUT2D eigenvalue weighted by atomic mass is 10.3. The van der Waals surface area contributed by atoms with Gasteiger partial charge in [0.15, 0.2) is 0 Å². The summed E-state index contributed by atoms with van der Waals surface area (Å²) in [6, 6.07) is 0. The number of carboxylic acid groups (broad SMARTS) is 1. The molecular weight excluding hydrogens is 158 g/mol. The zero-order valence-corrected chi connectivity index (χ0v) is 8.26. The van der Waals surface area contributed by atoms with Gasteiger partial charge >= 0.3 is 0 Å². The lowest BCUT2D eigenvalue weighted by molar-refractivity contribution is -0.134. The van der Waals surface area contributed by atoms with Gasteiger partial charge in [0, 0.05) is 13.3 Å². The van der Waals surface area contributed by atoms with Gasteiger partial charge in [-0.1, -0.05) is 20.8 Å². The van der Waals surface area contributed by atoms with Crippen LogP contribution in [-0.4, -0.2) is 23.4 Å². The molecule has 0 fully saturated rings. The molecule has 4 heteroatoms. The Balaban J connectivity index is -0.000000118. The summed E-state index contributed by atoms with van der Waals surface area (Å²) in [5.74, 6) is -0.713. The zero-order valence-electron chi connectivity index (χ0n) is 8.26. The van der Waals surface area contributed by atoms with E-state index in [-0.39, 0.29) is 12.3 Å². The van der Waals surface area contributed by atoms with Crippen LogP contribution in [0.15, 0.2) is 0 Å². The van der Waals surface area contributed by atoms with Crippen molar-refractivity contribution >= 4 is 11.8 Å². The maximum absolute atomic E-state index is 10.1. The van der Waals surface area contributed by atoms with E-state index >= 15 is 0 Å². The highest BCUT2D eigenvalue weighted by molar-refractivity contribution is 5.79. The molecule has 0 saturated carbocycles. The number of aliphatic carboxylic acids is 1. The Morgan fingerprint density at radius 1 is 1.33 bits per heavy atom. The minimum absolute atomic E-state index is 0.120. The Hall–Kier alpha value is -0.900. The first-order chi connectivity index (χ1) is 5.54. The smallest absolute Gasteiger partial charge is 0.300 e. The van der Waals surface area contributed by atoms with Gasteiger partial charge in [-0.15, -0.1) is 0 Å². The fourth-order valence-corrected chi connectivity index (χ4v) is 0.144. The number of nitrogens with two attached hydrogens (primary N) is 1. The first kappa shape index (κ1) is 17.3. The number of carboxylic acids is 1. The monoisotopic (exact) mass is 177 g/mol. The quantitative estimate of drug-likeness (QED) is 0.660. The number of hydrogen-bond acceptors (Lipinski definition) is 3. The van der Waals surface area contributed by atoms with Crippen LogP contribution in [0.2, 0.25) is 0 Å². The van der Waals surface area contributed by atoms with E-state index in [2.05, 4.69) is 0 Å². The molecule has 0 saturated heterocycles. The number of ketones is 1. The van der Waals surface area contributed by atoms with Gasteiger partial charge in [-0.2, -0.15) is 0 Å². The van der Waals surface area contributed by atoms with E-state index in [1.807, 2.05) is 13.8 Å². The maximum atomic E-state index is 10.1. The van der Waals surface area contributed by atoms with E-state index in [1.165, 1.54) is 0 Å². The summed E-state index contributed by atoms with van der Waals surface area (Å²) >= 11 is 0. The predicted octanol–water partition coefficient (Wildman–Crippen LogP) is 1.04. The van der Waals surface area contributed by atoms with Crippen molar-refractivity contribution in [2.24, 2.45) is 5.73 Å². The molecule has 0 atom stereocenters.